The Labute approximate surface area is 389 Å². The third-order valence-corrected chi connectivity index (χ3v) is 13.1. The van der Waals surface area contributed by atoms with Gasteiger partial charge in [0.25, 0.3) is 23.6 Å². The molecule has 0 aromatic heterocycles. The molecule has 0 fully saturated rings. The summed E-state index contributed by atoms with van der Waals surface area (Å²) < 4.78 is 0. The second-order valence-electron chi connectivity index (χ2n) is 21.6. The predicted octanol–water partition coefficient (Wildman–Crippen LogP) is 14.6. The lowest BCUT2D eigenvalue weighted by Crippen LogP contribution is -2.42. The first-order valence-electron chi connectivity index (χ1n) is 23.4. The molecule has 0 saturated heterocycles. The van der Waals surface area contributed by atoms with E-state index in [9.17, 15) is 0 Å². The molecule has 6 nitrogen and oxygen atoms in total. The number of carbonyl (C=O) groups excluding carboxylic acids is 4. The fourth-order valence-corrected chi connectivity index (χ4v) is 10.1. The molecule has 0 radical (unpaired) electrons. The van der Waals surface area contributed by atoms with Crippen molar-refractivity contribution in [2.45, 2.75) is 121 Å². The zero-order valence-electron chi connectivity index (χ0n) is 40.8. The number of benzene rings is 7. The van der Waals surface area contributed by atoms with Crippen molar-refractivity contribution in [1.82, 2.24) is 0 Å². The molecular formula is C60H58N2O4. The van der Waals surface area contributed by atoms with E-state index in [0.717, 1.165) is 54.6 Å². The fraction of sp³-hybridized carbons (Fsp3) is 0.333. The highest BCUT2D eigenvalue weighted by Gasteiger charge is 2.41. The average molecular weight is 871 g/mol. The number of nitrogens with zero attached hydrogens (tertiary/aromatic N) is 2. The summed E-state index contributed by atoms with van der Waals surface area (Å²) in [6.45, 7) is 29.0. The molecule has 0 aliphatic carbocycles. The van der Waals surface area contributed by atoms with Gasteiger partial charge in [-0.25, -0.2) is 9.80 Å². The number of anilines is 2. The molecule has 332 valence electrons. The fourth-order valence-electron chi connectivity index (χ4n) is 10.1. The van der Waals surface area contributed by atoms with Gasteiger partial charge in [-0.2, -0.15) is 0 Å². The van der Waals surface area contributed by atoms with Crippen molar-refractivity contribution in [3.8, 4) is 23.7 Å². The van der Waals surface area contributed by atoms with Crippen LogP contribution >= 0.6 is 0 Å². The van der Waals surface area contributed by atoms with E-state index in [1.165, 1.54) is 9.80 Å². The summed E-state index contributed by atoms with van der Waals surface area (Å²) in [5.41, 5.74) is 7.12. The number of para-hydroxylation sites is 2. The van der Waals surface area contributed by atoms with Crippen molar-refractivity contribution in [2.75, 3.05) is 9.80 Å². The number of rotatable bonds is 6. The van der Waals surface area contributed by atoms with Gasteiger partial charge < -0.3 is 0 Å². The quantitative estimate of drug-likeness (QED) is 0.0722. The molecular weight excluding hydrogens is 813 g/mol. The van der Waals surface area contributed by atoms with E-state index in [0.29, 0.717) is 55.5 Å². The van der Waals surface area contributed by atoms with Crippen molar-refractivity contribution in [2.24, 2.45) is 10.8 Å². The largest absolute Gasteiger partial charge is 0.268 e. The number of amides is 4. The van der Waals surface area contributed by atoms with Gasteiger partial charge in [0.2, 0.25) is 0 Å². The molecule has 0 bridgehead atoms. The topological polar surface area (TPSA) is 74.8 Å². The Bertz CT molecular complexity index is 3150. The van der Waals surface area contributed by atoms with Gasteiger partial charge >= 0.3 is 0 Å². The molecule has 7 aromatic rings. The molecule has 9 rings (SSSR count). The summed E-state index contributed by atoms with van der Waals surface area (Å²) >= 11 is 0. The Kier molecular flexibility index (Phi) is 10.4. The van der Waals surface area contributed by atoms with E-state index in [1.54, 1.807) is 0 Å². The number of imide groups is 2. The van der Waals surface area contributed by atoms with Crippen LogP contribution in [0, 0.1) is 34.5 Å². The van der Waals surface area contributed by atoms with Crippen molar-refractivity contribution < 1.29 is 19.2 Å². The summed E-state index contributed by atoms with van der Waals surface area (Å²) in [7, 11) is 0. The highest BCUT2D eigenvalue weighted by Crippen LogP contribution is 2.51. The third-order valence-electron chi connectivity index (χ3n) is 13.1. The van der Waals surface area contributed by atoms with E-state index in [2.05, 4.69) is 79.1 Å². The molecule has 0 N–H and O–H groups in total. The minimum atomic E-state index is -0.396. The molecule has 0 spiro atoms. The predicted molar refractivity (Wildman–Crippen MR) is 272 cm³/mol. The minimum Gasteiger partial charge on any atom is -0.268 e. The molecule has 6 heteroatoms. The lowest BCUT2D eigenvalue weighted by Gasteiger charge is -2.34. The highest BCUT2D eigenvalue weighted by atomic mass is 16.2. The van der Waals surface area contributed by atoms with Crippen LogP contribution in [0.2, 0.25) is 0 Å². The Hall–Kier alpha value is -6.76. The second kappa shape index (κ2) is 15.4. The normalized spacial score (nSPS) is 14.3. The van der Waals surface area contributed by atoms with Gasteiger partial charge in [0.1, 0.15) is 0 Å². The van der Waals surface area contributed by atoms with E-state index in [-0.39, 0.29) is 35.5 Å². The molecule has 0 unspecified atom stereocenters. The lowest BCUT2D eigenvalue weighted by molar-refractivity contribution is 0.0877. The number of carbonyl (C=O) groups is 4. The standard InChI is InChI=1S/C60H58N2O4/c1-31(2)37-17-15-18-38(32(3)4)53(37)61-55(63)43-23-21-41-48-36(26-28-60(12,13)14)30-46-50-44(56(64)62(58(46)66)54-39(33(5)6)19-16-20-40(54)34(7)8)24-22-42(52(48)50)47-35(25-27-59(9,10)11)29-45(57(61)65)49(43)51(41)47/h15-24,29-34H,1-14H3. The van der Waals surface area contributed by atoms with Gasteiger partial charge in [0.05, 0.1) is 22.5 Å². The van der Waals surface area contributed by atoms with Crippen LogP contribution in [0.15, 0.2) is 72.8 Å². The first-order valence-corrected chi connectivity index (χ1v) is 23.4. The van der Waals surface area contributed by atoms with Crippen LogP contribution in [0.1, 0.15) is 195 Å². The van der Waals surface area contributed by atoms with Gasteiger partial charge in [-0.15, -0.1) is 0 Å². The van der Waals surface area contributed by atoms with Crippen LogP contribution in [0.4, 0.5) is 11.4 Å². The maximum Gasteiger partial charge on any atom is 0.266 e. The van der Waals surface area contributed by atoms with Gasteiger partial charge in [-0.1, -0.05) is 128 Å². The molecule has 0 atom stereocenters. The first kappa shape index (κ1) is 44.4. The molecule has 4 amide bonds. The van der Waals surface area contributed by atoms with Gasteiger partial charge in [-0.05, 0) is 123 Å². The van der Waals surface area contributed by atoms with Crippen molar-refractivity contribution in [1.29, 1.82) is 0 Å². The zero-order valence-corrected chi connectivity index (χ0v) is 40.8. The van der Waals surface area contributed by atoms with Gasteiger partial charge in [0, 0.05) is 65.4 Å². The van der Waals surface area contributed by atoms with Crippen LogP contribution in [0.25, 0.3) is 43.1 Å². The Balaban J connectivity index is 1.44. The minimum absolute atomic E-state index is 0.0450. The molecule has 2 aliphatic rings. The third kappa shape index (κ3) is 6.79. The maximum atomic E-state index is 15.4. The Morgan fingerprint density at radius 3 is 0.985 bits per heavy atom. The zero-order chi connectivity index (χ0) is 47.6. The Morgan fingerprint density at radius 2 is 0.697 bits per heavy atom. The van der Waals surface area contributed by atoms with Crippen molar-refractivity contribution in [3.05, 3.63) is 128 Å². The molecule has 2 heterocycles. The second-order valence-corrected chi connectivity index (χ2v) is 21.6. The van der Waals surface area contributed by atoms with Crippen LogP contribution in [0.3, 0.4) is 0 Å². The van der Waals surface area contributed by atoms with Crippen LogP contribution in [-0.4, -0.2) is 23.6 Å². The number of hydrogen-bond donors (Lipinski definition) is 0. The van der Waals surface area contributed by atoms with E-state index >= 15 is 19.2 Å². The SMILES string of the molecule is CC(C)c1cccc(C(C)C)c1N1C(=O)c2ccc3c4c(C#CC(C)(C)C)cc5c6c(ccc(c7c(C#CC(C)(C)C)cc(c2c37)C1=O)c64)C(=O)N(c1c(C(C)C)cccc1C(C)C)C5=O. The maximum absolute atomic E-state index is 15.4. The number of hydrogen-bond acceptors (Lipinski definition) is 4. The molecule has 7 aromatic carbocycles. The van der Waals surface area contributed by atoms with Crippen molar-refractivity contribution >= 4 is 78.1 Å². The van der Waals surface area contributed by atoms with Gasteiger partial charge in [-0.3, -0.25) is 19.2 Å². The summed E-state index contributed by atoms with van der Waals surface area (Å²) in [6.07, 6.45) is 0. The van der Waals surface area contributed by atoms with E-state index in [4.69, 9.17) is 0 Å². The van der Waals surface area contributed by atoms with Gasteiger partial charge in [0.15, 0.2) is 0 Å². The van der Waals surface area contributed by atoms with E-state index in [1.807, 2.05) is 114 Å². The van der Waals surface area contributed by atoms with E-state index < -0.39 is 22.6 Å². The summed E-state index contributed by atoms with van der Waals surface area (Å²) in [5.74, 6) is 12.6. The number of fused-ring (bicyclic) bond motifs is 2. The lowest BCUT2D eigenvalue weighted by atomic mass is 9.78. The monoisotopic (exact) mass is 870 g/mol. The Morgan fingerprint density at radius 1 is 0.394 bits per heavy atom. The molecule has 0 saturated carbocycles. The van der Waals surface area contributed by atoms with Crippen LogP contribution < -0.4 is 9.80 Å². The molecule has 2 aliphatic heterocycles. The van der Waals surface area contributed by atoms with Crippen LogP contribution in [-0.2, 0) is 0 Å². The molecule has 66 heavy (non-hydrogen) atoms. The summed E-state index contributed by atoms with van der Waals surface area (Å²) in [6, 6.07) is 23.4. The first-order chi connectivity index (χ1) is 31.0. The summed E-state index contributed by atoms with van der Waals surface area (Å²) in [5, 5.41) is 5.69. The van der Waals surface area contributed by atoms with Crippen LogP contribution in [0.5, 0.6) is 0 Å². The van der Waals surface area contributed by atoms with Crippen molar-refractivity contribution in [3.63, 3.8) is 0 Å². The summed E-state index contributed by atoms with van der Waals surface area (Å²) in [4.78, 5) is 64.0. The smallest absolute Gasteiger partial charge is 0.266 e. The highest BCUT2D eigenvalue weighted by molar-refractivity contribution is 6.46. The average Bonchev–Trinajstić information content (AvgIpc) is 3.24.